The van der Waals surface area contributed by atoms with Crippen molar-refractivity contribution >= 4 is 42.3 Å². The fraction of sp³-hybridized carbons (Fsp3) is 0. The summed E-state index contributed by atoms with van der Waals surface area (Å²) in [4.78, 5) is 0. The zero-order valence-corrected chi connectivity index (χ0v) is 9.03. The van der Waals surface area contributed by atoms with Crippen molar-refractivity contribution < 1.29 is 12.8 Å². The van der Waals surface area contributed by atoms with Crippen LogP contribution in [0.3, 0.4) is 0 Å². The maximum Gasteiger partial charge on any atom is 0.294 e. The molecule has 0 aliphatic carbocycles. The van der Waals surface area contributed by atoms with E-state index in [2.05, 4.69) is 0 Å². The summed E-state index contributed by atoms with van der Waals surface area (Å²) in [5, 5.41) is 0.857. The monoisotopic (exact) mass is 250 g/mol. The van der Waals surface area contributed by atoms with E-state index in [0.29, 0.717) is 16.0 Å². The minimum atomic E-state index is -3.82. The standard InChI is InChI=1S/C8H4Cl2O3S/c9-6-2-1-5-3-8(14(10,11)12)13-7(5)4-6/h1-4H. The number of hydrogen-bond donors (Lipinski definition) is 0. The van der Waals surface area contributed by atoms with Gasteiger partial charge in [0.1, 0.15) is 5.58 Å². The van der Waals surface area contributed by atoms with E-state index in [0.717, 1.165) is 0 Å². The van der Waals surface area contributed by atoms with Crippen molar-refractivity contribution in [1.82, 2.24) is 0 Å². The quantitative estimate of drug-likeness (QED) is 0.732. The lowest BCUT2D eigenvalue weighted by Gasteiger charge is -1.88. The molecule has 0 unspecified atom stereocenters. The first-order chi connectivity index (χ1) is 6.47. The molecule has 14 heavy (non-hydrogen) atoms. The molecule has 1 aromatic heterocycles. The average molecular weight is 251 g/mol. The molecule has 0 amide bonds. The molecule has 74 valence electrons. The fourth-order valence-corrected chi connectivity index (χ4v) is 1.95. The number of halogens is 2. The maximum absolute atomic E-state index is 10.9. The van der Waals surface area contributed by atoms with Gasteiger partial charge in [0.2, 0.25) is 5.09 Å². The number of rotatable bonds is 1. The molecule has 0 bridgehead atoms. The highest BCUT2D eigenvalue weighted by Gasteiger charge is 2.15. The number of hydrogen-bond acceptors (Lipinski definition) is 3. The van der Waals surface area contributed by atoms with Crippen LogP contribution in [0.25, 0.3) is 11.0 Å². The van der Waals surface area contributed by atoms with Crippen LogP contribution in [0.5, 0.6) is 0 Å². The van der Waals surface area contributed by atoms with Gasteiger partial charge in [-0.2, -0.15) is 0 Å². The van der Waals surface area contributed by atoms with Gasteiger partial charge in [0, 0.05) is 33.2 Å². The second-order valence-electron chi connectivity index (χ2n) is 2.69. The van der Waals surface area contributed by atoms with Crippen molar-refractivity contribution in [2.45, 2.75) is 5.09 Å². The Labute approximate surface area is 89.6 Å². The van der Waals surface area contributed by atoms with E-state index in [9.17, 15) is 8.42 Å². The van der Waals surface area contributed by atoms with E-state index >= 15 is 0 Å². The molecule has 0 saturated heterocycles. The molecule has 2 aromatic rings. The van der Waals surface area contributed by atoms with Crippen molar-refractivity contribution in [2.24, 2.45) is 0 Å². The van der Waals surface area contributed by atoms with Gasteiger partial charge < -0.3 is 4.42 Å². The predicted molar refractivity (Wildman–Crippen MR) is 54.3 cm³/mol. The zero-order valence-electron chi connectivity index (χ0n) is 6.70. The molecule has 0 saturated carbocycles. The van der Waals surface area contributed by atoms with Gasteiger partial charge in [-0.15, -0.1) is 0 Å². The van der Waals surface area contributed by atoms with Crippen LogP contribution in [-0.4, -0.2) is 8.42 Å². The first-order valence-electron chi connectivity index (χ1n) is 3.60. The summed E-state index contributed by atoms with van der Waals surface area (Å²) in [5.41, 5.74) is 0.400. The van der Waals surface area contributed by atoms with Crippen molar-refractivity contribution in [3.63, 3.8) is 0 Å². The summed E-state index contributed by atoms with van der Waals surface area (Å²) >= 11 is 5.70. The average Bonchev–Trinajstić information content (AvgIpc) is 2.45. The van der Waals surface area contributed by atoms with Gasteiger partial charge in [0.05, 0.1) is 0 Å². The van der Waals surface area contributed by atoms with Crippen molar-refractivity contribution in [2.75, 3.05) is 0 Å². The minimum Gasteiger partial charge on any atom is -0.443 e. The molecule has 0 fully saturated rings. The Bertz CT molecular complexity index is 586. The van der Waals surface area contributed by atoms with Gasteiger partial charge in [-0.25, -0.2) is 8.42 Å². The van der Waals surface area contributed by atoms with Crippen LogP contribution >= 0.6 is 22.3 Å². The predicted octanol–water partition coefficient (Wildman–Crippen LogP) is 3.01. The lowest BCUT2D eigenvalue weighted by Crippen LogP contribution is -1.84. The van der Waals surface area contributed by atoms with E-state index in [-0.39, 0.29) is 5.09 Å². The fourth-order valence-electron chi connectivity index (χ4n) is 1.10. The molecule has 0 N–H and O–H groups in total. The molecule has 0 spiro atoms. The largest absolute Gasteiger partial charge is 0.443 e. The molecule has 1 aromatic carbocycles. The van der Waals surface area contributed by atoms with E-state index in [1.54, 1.807) is 12.1 Å². The van der Waals surface area contributed by atoms with E-state index in [1.807, 2.05) is 0 Å². The Morgan fingerprint density at radius 1 is 1.21 bits per heavy atom. The third-order valence-corrected chi connectivity index (χ3v) is 3.07. The topological polar surface area (TPSA) is 47.3 Å². The first kappa shape index (κ1) is 9.83. The van der Waals surface area contributed by atoms with Crippen LogP contribution in [0, 0.1) is 0 Å². The molecule has 0 aliphatic rings. The highest BCUT2D eigenvalue weighted by atomic mass is 35.7. The van der Waals surface area contributed by atoms with Crippen LogP contribution in [0.4, 0.5) is 0 Å². The van der Waals surface area contributed by atoms with Crippen LogP contribution in [0.1, 0.15) is 0 Å². The molecule has 6 heteroatoms. The Kier molecular flexibility index (Phi) is 2.21. The van der Waals surface area contributed by atoms with Crippen LogP contribution in [0.15, 0.2) is 33.8 Å². The van der Waals surface area contributed by atoms with Gasteiger partial charge in [0.25, 0.3) is 9.05 Å². The maximum atomic E-state index is 10.9. The summed E-state index contributed by atoms with van der Waals surface area (Å²) in [6.45, 7) is 0. The Hall–Kier alpha value is -0.710. The van der Waals surface area contributed by atoms with Gasteiger partial charge in [-0.1, -0.05) is 11.6 Å². The molecular formula is C8H4Cl2O3S. The van der Waals surface area contributed by atoms with Gasteiger partial charge >= 0.3 is 0 Å². The summed E-state index contributed by atoms with van der Waals surface area (Å²) in [6.07, 6.45) is 0. The van der Waals surface area contributed by atoms with Crippen LogP contribution in [-0.2, 0) is 9.05 Å². The normalized spacial score (nSPS) is 12.1. The number of benzene rings is 1. The van der Waals surface area contributed by atoms with Gasteiger partial charge in [-0.05, 0) is 12.1 Å². The van der Waals surface area contributed by atoms with E-state index in [1.165, 1.54) is 12.1 Å². The smallest absolute Gasteiger partial charge is 0.294 e. The Morgan fingerprint density at radius 3 is 2.57 bits per heavy atom. The van der Waals surface area contributed by atoms with Gasteiger partial charge in [0.15, 0.2) is 0 Å². The lowest BCUT2D eigenvalue weighted by molar-refractivity contribution is 0.488. The zero-order chi connectivity index (χ0) is 10.3. The summed E-state index contributed by atoms with van der Waals surface area (Å²) in [7, 11) is 1.30. The number of fused-ring (bicyclic) bond motifs is 1. The molecule has 3 nitrogen and oxygen atoms in total. The molecule has 1 heterocycles. The summed E-state index contributed by atoms with van der Waals surface area (Å²) < 4.78 is 26.9. The summed E-state index contributed by atoms with van der Waals surface area (Å²) in [6, 6.07) is 6.19. The van der Waals surface area contributed by atoms with Crippen LogP contribution in [0.2, 0.25) is 5.02 Å². The molecule has 0 radical (unpaired) electrons. The SMILES string of the molecule is O=S(=O)(Cl)c1cc2ccc(Cl)cc2o1. The first-order valence-corrected chi connectivity index (χ1v) is 6.29. The summed E-state index contributed by atoms with van der Waals surface area (Å²) in [5.74, 6) is 0. The van der Waals surface area contributed by atoms with E-state index < -0.39 is 9.05 Å². The van der Waals surface area contributed by atoms with Gasteiger partial charge in [-0.3, -0.25) is 0 Å². The van der Waals surface area contributed by atoms with Crippen molar-refractivity contribution in [1.29, 1.82) is 0 Å². The van der Waals surface area contributed by atoms with Crippen LogP contribution < -0.4 is 0 Å². The highest BCUT2D eigenvalue weighted by Crippen LogP contribution is 2.27. The van der Waals surface area contributed by atoms with Crippen molar-refractivity contribution in [3.05, 3.63) is 29.3 Å². The molecule has 0 atom stereocenters. The Balaban J connectivity index is 2.75. The number of furan rings is 1. The third kappa shape index (κ3) is 1.73. The Morgan fingerprint density at radius 2 is 1.93 bits per heavy atom. The highest BCUT2D eigenvalue weighted by molar-refractivity contribution is 8.13. The second kappa shape index (κ2) is 3.15. The third-order valence-electron chi connectivity index (χ3n) is 1.70. The second-order valence-corrected chi connectivity index (χ2v) is 5.62. The minimum absolute atomic E-state index is 0.267. The van der Waals surface area contributed by atoms with Crippen molar-refractivity contribution in [3.8, 4) is 0 Å². The molecule has 2 rings (SSSR count). The van der Waals surface area contributed by atoms with E-state index in [4.69, 9.17) is 26.7 Å². The molecule has 0 aliphatic heterocycles. The lowest BCUT2D eigenvalue weighted by atomic mass is 10.3. The molecular weight excluding hydrogens is 247 g/mol.